The van der Waals surface area contributed by atoms with Crippen LogP contribution in [-0.4, -0.2) is 44.6 Å². The molecule has 116 valence electrons. The maximum absolute atomic E-state index is 12.3. The minimum absolute atomic E-state index is 0.0590. The van der Waals surface area contributed by atoms with Crippen LogP contribution in [0.5, 0.6) is 0 Å². The van der Waals surface area contributed by atoms with E-state index in [-0.39, 0.29) is 5.91 Å². The number of nitrogens with one attached hydrogen (secondary N) is 2. The van der Waals surface area contributed by atoms with Gasteiger partial charge in [0.25, 0.3) is 5.91 Å². The van der Waals surface area contributed by atoms with Crippen molar-refractivity contribution in [1.29, 1.82) is 0 Å². The Balaban J connectivity index is 1.92. The standard InChI is InChI=1S/C15H23BrN4O/c1-20(2)14-13(8-12(16)10-19-14)15(21)18-7-5-11-4-3-6-17-9-11/h8,10-11,17H,3-7,9H2,1-2H3,(H,18,21). The van der Waals surface area contributed by atoms with E-state index >= 15 is 0 Å². The smallest absolute Gasteiger partial charge is 0.255 e. The summed E-state index contributed by atoms with van der Waals surface area (Å²) in [6.07, 6.45) is 5.22. The molecule has 0 aromatic carbocycles. The van der Waals surface area contributed by atoms with Gasteiger partial charge in [0.05, 0.1) is 5.56 Å². The summed E-state index contributed by atoms with van der Waals surface area (Å²) in [6, 6.07) is 1.82. The number of hydrogen-bond acceptors (Lipinski definition) is 4. The van der Waals surface area contributed by atoms with Gasteiger partial charge in [-0.2, -0.15) is 0 Å². The molecule has 1 amide bonds. The first-order chi connectivity index (χ1) is 10.1. The summed E-state index contributed by atoms with van der Waals surface area (Å²) in [5, 5.41) is 6.42. The molecule has 5 nitrogen and oxygen atoms in total. The highest BCUT2D eigenvalue weighted by molar-refractivity contribution is 9.10. The van der Waals surface area contributed by atoms with Gasteiger partial charge in [-0.25, -0.2) is 4.98 Å². The van der Waals surface area contributed by atoms with Crippen LogP contribution < -0.4 is 15.5 Å². The number of rotatable bonds is 5. The Bertz CT molecular complexity index is 487. The van der Waals surface area contributed by atoms with E-state index in [9.17, 15) is 4.79 Å². The number of pyridine rings is 1. The van der Waals surface area contributed by atoms with Gasteiger partial charge in [-0.05, 0) is 60.3 Å². The van der Waals surface area contributed by atoms with E-state index in [0.29, 0.717) is 23.8 Å². The molecule has 1 fully saturated rings. The van der Waals surface area contributed by atoms with Crippen LogP contribution in [0.3, 0.4) is 0 Å². The fourth-order valence-electron chi connectivity index (χ4n) is 2.61. The summed E-state index contributed by atoms with van der Waals surface area (Å²) in [6.45, 7) is 2.90. The predicted octanol–water partition coefficient (Wildman–Crippen LogP) is 2.03. The second-order valence-corrected chi connectivity index (χ2v) is 6.59. The van der Waals surface area contributed by atoms with Gasteiger partial charge < -0.3 is 15.5 Å². The molecule has 0 saturated carbocycles. The number of amides is 1. The second kappa shape index (κ2) is 7.75. The maximum Gasteiger partial charge on any atom is 0.255 e. The van der Waals surface area contributed by atoms with Crippen LogP contribution >= 0.6 is 15.9 Å². The average molecular weight is 355 g/mol. The number of piperidine rings is 1. The van der Waals surface area contributed by atoms with Gasteiger partial charge in [-0.3, -0.25) is 4.79 Å². The lowest BCUT2D eigenvalue weighted by molar-refractivity contribution is 0.0951. The molecular formula is C15H23BrN4O. The van der Waals surface area contributed by atoms with Gasteiger partial charge in [0.1, 0.15) is 5.82 Å². The molecular weight excluding hydrogens is 332 g/mol. The molecule has 2 rings (SSSR count). The first-order valence-corrected chi connectivity index (χ1v) is 8.19. The zero-order valence-corrected chi connectivity index (χ0v) is 14.2. The molecule has 1 unspecified atom stereocenters. The lowest BCUT2D eigenvalue weighted by Crippen LogP contribution is -2.33. The van der Waals surface area contributed by atoms with Crippen molar-refractivity contribution in [1.82, 2.24) is 15.6 Å². The van der Waals surface area contributed by atoms with Gasteiger partial charge in [0.2, 0.25) is 0 Å². The van der Waals surface area contributed by atoms with E-state index in [2.05, 4.69) is 31.5 Å². The van der Waals surface area contributed by atoms with Crippen LogP contribution in [0.2, 0.25) is 0 Å². The molecule has 1 aliphatic rings. The Hall–Kier alpha value is -1.14. The highest BCUT2D eigenvalue weighted by Gasteiger charge is 2.16. The molecule has 1 aromatic heterocycles. The van der Waals surface area contributed by atoms with Crippen molar-refractivity contribution in [3.8, 4) is 0 Å². The molecule has 6 heteroatoms. The minimum atomic E-state index is -0.0590. The largest absolute Gasteiger partial charge is 0.362 e. The maximum atomic E-state index is 12.3. The molecule has 0 spiro atoms. The number of aromatic nitrogens is 1. The average Bonchev–Trinajstić information content (AvgIpc) is 2.47. The Morgan fingerprint density at radius 1 is 1.57 bits per heavy atom. The third-order valence-corrected chi connectivity index (χ3v) is 4.17. The third-order valence-electron chi connectivity index (χ3n) is 3.74. The van der Waals surface area contributed by atoms with Crippen LogP contribution in [0.15, 0.2) is 16.7 Å². The lowest BCUT2D eigenvalue weighted by atomic mass is 9.96. The van der Waals surface area contributed by atoms with E-state index in [4.69, 9.17) is 0 Å². The minimum Gasteiger partial charge on any atom is -0.362 e. The lowest BCUT2D eigenvalue weighted by Gasteiger charge is -2.22. The normalized spacial score (nSPS) is 18.3. The van der Waals surface area contributed by atoms with Gasteiger partial charge in [-0.15, -0.1) is 0 Å². The summed E-state index contributed by atoms with van der Waals surface area (Å²) in [4.78, 5) is 18.5. The van der Waals surface area contributed by atoms with Crippen molar-refractivity contribution < 1.29 is 4.79 Å². The van der Waals surface area contributed by atoms with Crippen LogP contribution in [0.1, 0.15) is 29.6 Å². The second-order valence-electron chi connectivity index (χ2n) is 5.68. The number of hydrogen-bond donors (Lipinski definition) is 2. The summed E-state index contributed by atoms with van der Waals surface area (Å²) in [5.74, 6) is 1.30. The van der Waals surface area contributed by atoms with Crippen molar-refractivity contribution in [3.63, 3.8) is 0 Å². The molecule has 2 heterocycles. The predicted molar refractivity (Wildman–Crippen MR) is 88.8 cm³/mol. The number of nitrogens with zero attached hydrogens (tertiary/aromatic N) is 2. The van der Waals surface area contributed by atoms with Crippen LogP contribution in [-0.2, 0) is 0 Å². The van der Waals surface area contributed by atoms with Crippen LogP contribution in [0.4, 0.5) is 5.82 Å². The molecule has 1 saturated heterocycles. The van der Waals surface area contributed by atoms with Gasteiger partial charge in [0.15, 0.2) is 0 Å². The first-order valence-electron chi connectivity index (χ1n) is 7.39. The number of carbonyl (C=O) groups is 1. The number of halogens is 1. The molecule has 0 radical (unpaired) electrons. The van der Waals surface area contributed by atoms with Gasteiger partial charge >= 0.3 is 0 Å². The Morgan fingerprint density at radius 2 is 2.38 bits per heavy atom. The zero-order valence-electron chi connectivity index (χ0n) is 12.7. The van der Waals surface area contributed by atoms with Crippen molar-refractivity contribution in [3.05, 3.63) is 22.3 Å². The van der Waals surface area contributed by atoms with Crippen LogP contribution in [0, 0.1) is 5.92 Å². The molecule has 0 aliphatic carbocycles. The summed E-state index contributed by atoms with van der Waals surface area (Å²) >= 11 is 3.38. The molecule has 1 aliphatic heterocycles. The fourth-order valence-corrected chi connectivity index (χ4v) is 2.94. The molecule has 1 atom stereocenters. The molecule has 0 bridgehead atoms. The van der Waals surface area contributed by atoms with E-state index in [1.165, 1.54) is 12.8 Å². The SMILES string of the molecule is CN(C)c1ncc(Br)cc1C(=O)NCCC1CCCNC1. The third kappa shape index (κ3) is 4.68. The van der Waals surface area contributed by atoms with Crippen molar-refractivity contribution in [2.24, 2.45) is 5.92 Å². The van der Waals surface area contributed by atoms with E-state index in [1.807, 2.05) is 25.1 Å². The van der Waals surface area contributed by atoms with Crippen molar-refractivity contribution in [2.75, 3.05) is 38.6 Å². The summed E-state index contributed by atoms with van der Waals surface area (Å²) in [5.41, 5.74) is 0.608. The first kappa shape index (κ1) is 16.2. The van der Waals surface area contributed by atoms with E-state index in [0.717, 1.165) is 24.0 Å². The van der Waals surface area contributed by atoms with Gasteiger partial charge in [0, 0.05) is 31.3 Å². The number of carbonyl (C=O) groups excluding carboxylic acids is 1. The highest BCUT2D eigenvalue weighted by atomic mass is 79.9. The summed E-state index contributed by atoms with van der Waals surface area (Å²) < 4.78 is 0.815. The molecule has 1 aromatic rings. The monoisotopic (exact) mass is 354 g/mol. The molecule has 2 N–H and O–H groups in total. The number of anilines is 1. The Labute approximate surface area is 134 Å². The van der Waals surface area contributed by atoms with Crippen molar-refractivity contribution in [2.45, 2.75) is 19.3 Å². The van der Waals surface area contributed by atoms with Crippen molar-refractivity contribution >= 4 is 27.7 Å². The van der Waals surface area contributed by atoms with Gasteiger partial charge in [-0.1, -0.05) is 0 Å². The van der Waals surface area contributed by atoms with E-state index < -0.39 is 0 Å². The Morgan fingerprint density at radius 3 is 3.05 bits per heavy atom. The zero-order chi connectivity index (χ0) is 15.2. The fraction of sp³-hybridized carbons (Fsp3) is 0.600. The summed E-state index contributed by atoms with van der Waals surface area (Å²) in [7, 11) is 3.78. The Kier molecular flexibility index (Phi) is 5.99. The quantitative estimate of drug-likeness (QED) is 0.849. The molecule has 21 heavy (non-hydrogen) atoms. The van der Waals surface area contributed by atoms with E-state index in [1.54, 1.807) is 6.20 Å². The van der Waals surface area contributed by atoms with Crippen LogP contribution in [0.25, 0.3) is 0 Å². The topological polar surface area (TPSA) is 57.3 Å². The highest BCUT2D eigenvalue weighted by Crippen LogP contribution is 2.20.